The number of aliphatic imine (C=N–C) groups is 2. The van der Waals surface area contributed by atoms with Crippen molar-refractivity contribution in [3.8, 4) is 11.1 Å². The van der Waals surface area contributed by atoms with Gasteiger partial charge in [0.25, 0.3) is 0 Å². The summed E-state index contributed by atoms with van der Waals surface area (Å²) in [5, 5.41) is 15.3. The van der Waals surface area contributed by atoms with Gasteiger partial charge in [0.2, 0.25) is 12.2 Å². The molecule has 3 atom stereocenters. The van der Waals surface area contributed by atoms with Gasteiger partial charge in [0.05, 0.1) is 5.92 Å². The molecule has 1 fully saturated rings. The second kappa shape index (κ2) is 12.0. The van der Waals surface area contributed by atoms with E-state index in [0.717, 1.165) is 24.6 Å². The fraction of sp³-hybridized carbons (Fsp3) is 0.364. The first-order chi connectivity index (χ1) is 20.3. The van der Waals surface area contributed by atoms with Crippen LogP contribution in [0.2, 0.25) is 5.02 Å². The zero-order valence-corrected chi connectivity index (χ0v) is 24.9. The number of aromatic nitrogens is 1. The summed E-state index contributed by atoms with van der Waals surface area (Å²) in [6.07, 6.45) is 4.79. The molecule has 4 heterocycles. The van der Waals surface area contributed by atoms with E-state index < -0.39 is 18.5 Å². The van der Waals surface area contributed by atoms with Gasteiger partial charge in [-0.3, -0.25) is 0 Å². The number of anilines is 1. The molecule has 0 radical (unpaired) electrons. The molecule has 3 unspecified atom stereocenters. The maximum Gasteiger partial charge on any atom is 0.220 e. The van der Waals surface area contributed by atoms with Crippen LogP contribution in [0.25, 0.3) is 16.7 Å². The second-order valence-corrected chi connectivity index (χ2v) is 11.7. The molecule has 2 aromatic carbocycles. The van der Waals surface area contributed by atoms with Crippen molar-refractivity contribution in [3.05, 3.63) is 88.5 Å². The van der Waals surface area contributed by atoms with Crippen LogP contribution in [0, 0.1) is 18.8 Å². The van der Waals surface area contributed by atoms with Crippen LogP contribution in [0.5, 0.6) is 0 Å². The third-order valence-corrected chi connectivity index (χ3v) is 8.80. The van der Waals surface area contributed by atoms with Crippen LogP contribution >= 0.6 is 11.6 Å². The molecule has 3 aromatic rings. The highest BCUT2D eigenvalue weighted by atomic mass is 35.5. The summed E-state index contributed by atoms with van der Waals surface area (Å²) in [5.41, 5.74) is 5.31. The maximum absolute atomic E-state index is 14.5. The Morgan fingerprint density at radius 2 is 1.79 bits per heavy atom. The molecule has 3 aliphatic heterocycles. The molecule has 0 saturated carbocycles. The Kier molecular flexibility index (Phi) is 8.12. The number of amidine groups is 1. The predicted molar refractivity (Wildman–Crippen MR) is 168 cm³/mol. The van der Waals surface area contributed by atoms with Crippen molar-refractivity contribution in [2.45, 2.75) is 45.1 Å². The zero-order valence-electron chi connectivity index (χ0n) is 24.1. The number of rotatable bonds is 6. The minimum Gasteiger partial charge on any atom is -0.369 e. The van der Waals surface area contributed by atoms with Crippen LogP contribution in [0.4, 0.5) is 10.1 Å². The van der Waals surface area contributed by atoms with Gasteiger partial charge in [-0.1, -0.05) is 41.9 Å². The van der Waals surface area contributed by atoms with Gasteiger partial charge >= 0.3 is 0 Å². The molecule has 1 aromatic heterocycles. The summed E-state index contributed by atoms with van der Waals surface area (Å²) in [5.74, 6) is 0.619. The zero-order chi connectivity index (χ0) is 29.4. The number of benzene rings is 2. The number of aliphatic hydroxyl groups is 1. The fourth-order valence-corrected chi connectivity index (χ4v) is 6.36. The molecule has 0 spiro atoms. The number of fused-ring (bicyclic) bond motifs is 1. The molecule has 2 N–H and O–H groups in total. The number of hydrogen-bond donors (Lipinski definition) is 2. The van der Waals surface area contributed by atoms with Gasteiger partial charge in [0.1, 0.15) is 5.84 Å². The molecule has 0 aliphatic carbocycles. The first-order valence-electron chi connectivity index (χ1n) is 14.6. The number of pyridine rings is 1. The highest BCUT2D eigenvalue weighted by Gasteiger charge is 2.35. The summed E-state index contributed by atoms with van der Waals surface area (Å²) in [6.45, 7) is 6.56. The molecule has 9 heteroatoms. The number of nitrogens with zero attached hydrogens (tertiary/aromatic N) is 5. The molecule has 1 saturated heterocycles. The van der Waals surface area contributed by atoms with Gasteiger partial charge < -0.3 is 20.2 Å². The number of nitrogens with one attached hydrogen (secondary N) is 1. The van der Waals surface area contributed by atoms with Crippen LogP contribution in [-0.4, -0.2) is 71.1 Å². The predicted octanol–water partition coefficient (Wildman–Crippen LogP) is 6.19. The smallest absolute Gasteiger partial charge is 0.220 e. The molecule has 42 heavy (non-hydrogen) atoms. The first-order valence-corrected chi connectivity index (χ1v) is 14.9. The van der Waals surface area contributed by atoms with E-state index in [2.05, 4.69) is 51.5 Å². The first kappa shape index (κ1) is 28.5. The number of likely N-dealkylation sites (N-methyl/N-ethyl adjacent to an activating group) is 1. The summed E-state index contributed by atoms with van der Waals surface area (Å²) in [7, 11) is 2.18. The standard InChI is InChI=1S/C33H36ClFN6O/c1-4-41-31-24(19-36-33(39-31)38-25-9-6-21(7-10-25)22-13-15-40(3)16-14-22)17-28(32(41)42)27-12-8-23(18-29(27)34)26-11-5-20(2)37-30(26)35/h5-12,17-19,22,24,32-33,38,42H,4,13-16H2,1-3H3. The molecule has 6 rings (SSSR count). The monoisotopic (exact) mass is 586 g/mol. The molecule has 3 aliphatic rings. The van der Waals surface area contributed by atoms with Gasteiger partial charge in [0.15, 0.2) is 6.23 Å². The van der Waals surface area contributed by atoms with Gasteiger partial charge in [-0.05, 0) is 94.2 Å². The van der Waals surface area contributed by atoms with E-state index in [-0.39, 0.29) is 5.92 Å². The Hall–Kier alpha value is -3.59. The van der Waals surface area contributed by atoms with E-state index in [1.807, 2.05) is 30.2 Å². The van der Waals surface area contributed by atoms with Gasteiger partial charge in [0, 0.05) is 45.9 Å². The Balaban J connectivity index is 1.20. The molecule has 0 amide bonds. The molecular weight excluding hydrogens is 551 g/mol. The second-order valence-electron chi connectivity index (χ2n) is 11.3. The summed E-state index contributed by atoms with van der Waals surface area (Å²) in [6, 6.07) is 17.4. The Morgan fingerprint density at radius 3 is 2.48 bits per heavy atom. The SMILES string of the molecule is CCN1C2=NC(Nc3ccc(C4CCN(C)CC4)cc3)N=CC2C=C(c2ccc(-c3ccc(C)nc3F)cc2Cl)C1O. The fourth-order valence-electron chi connectivity index (χ4n) is 6.07. The van der Waals surface area contributed by atoms with Crippen molar-refractivity contribution in [3.63, 3.8) is 0 Å². The summed E-state index contributed by atoms with van der Waals surface area (Å²) < 4.78 is 14.5. The van der Waals surface area contributed by atoms with Crippen LogP contribution in [0.3, 0.4) is 0 Å². The Bertz CT molecular complexity index is 1550. The van der Waals surface area contributed by atoms with Crippen molar-refractivity contribution in [1.29, 1.82) is 0 Å². The minimum absolute atomic E-state index is 0.206. The Labute approximate surface area is 251 Å². The molecule has 218 valence electrons. The lowest BCUT2D eigenvalue weighted by Crippen LogP contribution is -2.49. The van der Waals surface area contributed by atoms with E-state index in [1.54, 1.807) is 31.2 Å². The number of aliphatic hydroxyl groups excluding tert-OH is 1. The number of likely N-dealkylation sites (tertiary alicyclic amines) is 1. The van der Waals surface area contributed by atoms with Crippen molar-refractivity contribution in [1.82, 2.24) is 14.8 Å². The van der Waals surface area contributed by atoms with Gasteiger partial charge in [-0.2, -0.15) is 4.39 Å². The third-order valence-electron chi connectivity index (χ3n) is 8.48. The van der Waals surface area contributed by atoms with Crippen LogP contribution in [0.1, 0.15) is 42.5 Å². The number of piperidine rings is 1. The average molecular weight is 587 g/mol. The molecular formula is C33H36ClFN6O. The Morgan fingerprint density at radius 1 is 1.05 bits per heavy atom. The van der Waals surface area contributed by atoms with E-state index in [4.69, 9.17) is 16.6 Å². The van der Waals surface area contributed by atoms with Gasteiger partial charge in [-0.25, -0.2) is 15.0 Å². The lowest BCUT2D eigenvalue weighted by Gasteiger charge is -2.39. The molecule has 0 bridgehead atoms. The van der Waals surface area contributed by atoms with E-state index >= 15 is 0 Å². The minimum atomic E-state index is -0.938. The van der Waals surface area contributed by atoms with Crippen LogP contribution in [-0.2, 0) is 0 Å². The lowest BCUT2D eigenvalue weighted by molar-refractivity contribution is 0.103. The number of hydrogen-bond acceptors (Lipinski definition) is 7. The average Bonchev–Trinajstić information content (AvgIpc) is 2.98. The maximum atomic E-state index is 14.5. The largest absolute Gasteiger partial charge is 0.369 e. The highest BCUT2D eigenvalue weighted by molar-refractivity contribution is 6.32. The summed E-state index contributed by atoms with van der Waals surface area (Å²) in [4.78, 5) is 17.7. The number of aryl methyl sites for hydroxylation is 1. The summed E-state index contributed by atoms with van der Waals surface area (Å²) >= 11 is 6.72. The van der Waals surface area contributed by atoms with Crippen LogP contribution < -0.4 is 5.32 Å². The van der Waals surface area contributed by atoms with Crippen LogP contribution in [0.15, 0.2) is 70.7 Å². The number of halogens is 2. The topological polar surface area (TPSA) is 76.3 Å². The van der Waals surface area contributed by atoms with E-state index in [1.165, 1.54) is 18.4 Å². The normalized spacial score (nSPS) is 22.9. The van der Waals surface area contributed by atoms with Crippen molar-refractivity contribution in [2.75, 3.05) is 32.0 Å². The van der Waals surface area contributed by atoms with Gasteiger partial charge in [-0.15, -0.1) is 0 Å². The molecule has 7 nitrogen and oxygen atoms in total. The lowest BCUT2D eigenvalue weighted by atomic mass is 9.89. The highest BCUT2D eigenvalue weighted by Crippen LogP contribution is 2.37. The van der Waals surface area contributed by atoms with E-state index in [0.29, 0.717) is 45.4 Å². The van der Waals surface area contributed by atoms with Crippen molar-refractivity contribution < 1.29 is 9.50 Å². The van der Waals surface area contributed by atoms with Crippen molar-refractivity contribution >= 4 is 34.9 Å². The van der Waals surface area contributed by atoms with E-state index in [9.17, 15) is 9.50 Å². The third kappa shape index (κ3) is 5.71. The van der Waals surface area contributed by atoms with Crippen molar-refractivity contribution in [2.24, 2.45) is 15.9 Å². The quantitative estimate of drug-likeness (QED) is 0.337.